The Hall–Kier alpha value is -4.41. The van der Waals surface area contributed by atoms with Gasteiger partial charge in [0.15, 0.2) is 17.4 Å². The van der Waals surface area contributed by atoms with Crippen LogP contribution in [0.25, 0.3) is 5.82 Å². The van der Waals surface area contributed by atoms with Crippen molar-refractivity contribution in [2.45, 2.75) is 13.8 Å². The molecule has 0 saturated heterocycles. The van der Waals surface area contributed by atoms with Gasteiger partial charge < -0.3 is 14.8 Å². The molecule has 0 spiro atoms. The minimum atomic E-state index is -1.51. The first-order chi connectivity index (χ1) is 16.3. The zero-order valence-corrected chi connectivity index (χ0v) is 18.3. The van der Waals surface area contributed by atoms with E-state index < -0.39 is 34.7 Å². The summed E-state index contributed by atoms with van der Waals surface area (Å²) in [5.74, 6) is -4.90. The van der Waals surface area contributed by atoms with Crippen LogP contribution in [0.15, 0.2) is 49.1 Å². The predicted octanol–water partition coefficient (Wildman–Crippen LogP) is 4.75. The zero-order chi connectivity index (χ0) is 24.4. The van der Waals surface area contributed by atoms with Crippen LogP contribution >= 0.6 is 0 Å². The van der Waals surface area contributed by atoms with Crippen molar-refractivity contribution in [2.75, 3.05) is 12.4 Å². The minimum Gasteiger partial charge on any atom is -0.491 e. The second-order valence-corrected chi connectivity index (χ2v) is 7.15. The van der Waals surface area contributed by atoms with Crippen LogP contribution in [0.5, 0.6) is 17.4 Å². The summed E-state index contributed by atoms with van der Waals surface area (Å²) >= 11 is 0. The topological polar surface area (TPSA) is 91.2 Å². The number of benzene rings is 2. The molecule has 0 saturated carbocycles. The summed E-state index contributed by atoms with van der Waals surface area (Å²) in [6.45, 7) is 3.81. The molecule has 1 amide bonds. The highest BCUT2D eigenvalue weighted by Gasteiger charge is 2.23. The molecule has 2 aromatic heterocycles. The molecule has 4 rings (SSSR count). The summed E-state index contributed by atoms with van der Waals surface area (Å²) in [6, 6.07) is 8.19. The van der Waals surface area contributed by atoms with Gasteiger partial charge in [0.2, 0.25) is 11.7 Å². The Labute approximate surface area is 192 Å². The number of anilines is 1. The van der Waals surface area contributed by atoms with Gasteiger partial charge in [-0.3, -0.25) is 9.36 Å². The van der Waals surface area contributed by atoms with E-state index in [1.807, 2.05) is 13.8 Å². The standard InChI is InChI=1S/C23H18F3N5O3/c1-12-13(2)31(11-29-12)18-9-19(28-10-27-18)34-15-6-4-14(5-7-15)30-23(32)16-8-17(24)21(26)22(33-3)20(16)25/h4-11H,1-3H3,(H,30,32). The van der Waals surface area contributed by atoms with E-state index in [0.717, 1.165) is 18.5 Å². The number of carbonyl (C=O) groups excluding carboxylic acids is 1. The lowest BCUT2D eigenvalue weighted by molar-refractivity contribution is 0.102. The Bertz CT molecular complexity index is 1370. The number of carbonyl (C=O) groups is 1. The van der Waals surface area contributed by atoms with E-state index in [1.165, 1.54) is 18.5 Å². The molecular weight excluding hydrogens is 451 g/mol. The Kier molecular flexibility index (Phi) is 6.17. The van der Waals surface area contributed by atoms with Crippen molar-refractivity contribution in [1.29, 1.82) is 0 Å². The first-order valence-electron chi connectivity index (χ1n) is 9.92. The van der Waals surface area contributed by atoms with Crippen molar-refractivity contribution in [2.24, 2.45) is 0 Å². The van der Waals surface area contributed by atoms with Gasteiger partial charge in [0.25, 0.3) is 5.91 Å². The Balaban J connectivity index is 1.48. The largest absolute Gasteiger partial charge is 0.491 e. The number of rotatable bonds is 6. The van der Waals surface area contributed by atoms with Crippen molar-refractivity contribution in [3.63, 3.8) is 0 Å². The fourth-order valence-corrected chi connectivity index (χ4v) is 3.10. The molecule has 11 heteroatoms. The summed E-state index contributed by atoms with van der Waals surface area (Å²) in [4.78, 5) is 25.0. The predicted molar refractivity (Wildman–Crippen MR) is 116 cm³/mol. The average molecular weight is 469 g/mol. The van der Waals surface area contributed by atoms with E-state index in [9.17, 15) is 18.0 Å². The van der Waals surface area contributed by atoms with Gasteiger partial charge in [-0.25, -0.2) is 23.7 Å². The monoisotopic (exact) mass is 469 g/mol. The van der Waals surface area contributed by atoms with Gasteiger partial charge in [-0.1, -0.05) is 0 Å². The van der Waals surface area contributed by atoms with Crippen LogP contribution in [0, 0.1) is 31.3 Å². The van der Waals surface area contributed by atoms with Crippen LogP contribution in [0.3, 0.4) is 0 Å². The molecule has 8 nitrogen and oxygen atoms in total. The average Bonchev–Trinajstić information content (AvgIpc) is 3.16. The first kappa shape index (κ1) is 22.8. The molecular formula is C23H18F3N5O3. The van der Waals surface area contributed by atoms with Gasteiger partial charge >= 0.3 is 0 Å². The molecule has 0 unspecified atom stereocenters. The second kappa shape index (κ2) is 9.22. The summed E-state index contributed by atoms with van der Waals surface area (Å²) in [7, 11) is 0.972. The highest BCUT2D eigenvalue weighted by atomic mass is 19.2. The normalized spacial score (nSPS) is 10.8. The van der Waals surface area contributed by atoms with E-state index in [2.05, 4.69) is 25.0 Å². The number of nitrogens with zero attached hydrogens (tertiary/aromatic N) is 4. The number of aromatic nitrogens is 4. The Morgan fingerprint density at radius 3 is 2.38 bits per heavy atom. The maximum Gasteiger partial charge on any atom is 0.258 e. The summed E-state index contributed by atoms with van der Waals surface area (Å²) in [5.41, 5.74) is 1.38. The lowest BCUT2D eigenvalue weighted by Gasteiger charge is -2.11. The number of hydrogen-bond acceptors (Lipinski definition) is 6. The third kappa shape index (κ3) is 4.40. The van der Waals surface area contributed by atoms with Crippen molar-refractivity contribution in [1.82, 2.24) is 19.5 Å². The lowest BCUT2D eigenvalue weighted by Crippen LogP contribution is -2.15. The van der Waals surface area contributed by atoms with Crippen molar-refractivity contribution in [3.8, 4) is 23.2 Å². The number of amides is 1. The van der Waals surface area contributed by atoms with Crippen LogP contribution in [0.1, 0.15) is 21.7 Å². The van der Waals surface area contributed by atoms with Gasteiger partial charge in [-0.2, -0.15) is 4.39 Å². The van der Waals surface area contributed by atoms with E-state index >= 15 is 0 Å². The fourth-order valence-electron chi connectivity index (χ4n) is 3.10. The molecule has 2 aromatic carbocycles. The molecule has 0 bridgehead atoms. The van der Waals surface area contributed by atoms with Crippen LogP contribution in [0.4, 0.5) is 18.9 Å². The first-order valence-corrected chi connectivity index (χ1v) is 9.92. The molecule has 0 aliphatic carbocycles. The number of methoxy groups -OCH3 is 1. The zero-order valence-electron chi connectivity index (χ0n) is 18.3. The number of ether oxygens (including phenoxy) is 2. The molecule has 1 N–H and O–H groups in total. The maximum absolute atomic E-state index is 14.3. The van der Waals surface area contributed by atoms with Crippen LogP contribution in [-0.4, -0.2) is 32.5 Å². The maximum atomic E-state index is 14.3. The van der Waals surface area contributed by atoms with Gasteiger partial charge in [-0.15, -0.1) is 0 Å². The van der Waals surface area contributed by atoms with Crippen LogP contribution in [-0.2, 0) is 0 Å². The highest BCUT2D eigenvalue weighted by molar-refractivity contribution is 6.04. The molecule has 0 fully saturated rings. The molecule has 4 aromatic rings. The minimum absolute atomic E-state index is 0.272. The molecule has 0 aliphatic rings. The highest BCUT2D eigenvalue weighted by Crippen LogP contribution is 2.28. The molecule has 0 aliphatic heterocycles. The summed E-state index contributed by atoms with van der Waals surface area (Å²) in [5, 5.41) is 2.41. The third-order valence-electron chi connectivity index (χ3n) is 5.03. The van der Waals surface area contributed by atoms with Gasteiger partial charge in [0.1, 0.15) is 24.2 Å². The van der Waals surface area contributed by atoms with Gasteiger partial charge in [0, 0.05) is 17.4 Å². The van der Waals surface area contributed by atoms with E-state index in [-0.39, 0.29) is 11.6 Å². The number of halogens is 3. The van der Waals surface area contributed by atoms with E-state index in [4.69, 9.17) is 4.74 Å². The van der Waals surface area contributed by atoms with Crippen molar-refractivity contribution < 1.29 is 27.4 Å². The third-order valence-corrected chi connectivity index (χ3v) is 5.03. The van der Waals surface area contributed by atoms with Crippen LogP contribution in [0.2, 0.25) is 0 Å². The smallest absolute Gasteiger partial charge is 0.258 e. The number of imidazole rings is 1. The molecule has 34 heavy (non-hydrogen) atoms. The molecule has 0 atom stereocenters. The lowest BCUT2D eigenvalue weighted by atomic mass is 10.1. The molecule has 0 radical (unpaired) electrons. The quantitative estimate of drug-likeness (QED) is 0.410. The fraction of sp³-hybridized carbons (Fsp3) is 0.130. The Morgan fingerprint density at radius 1 is 1.00 bits per heavy atom. The summed E-state index contributed by atoms with van der Waals surface area (Å²) < 4.78 is 53.7. The number of hydrogen-bond donors (Lipinski definition) is 1. The Morgan fingerprint density at radius 2 is 1.74 bits per heavy atom. The number of nitrogens with one attached hydrogen (secondary N) is 1. The molecule has 2 heterocycles. The second-order valence-electron chi connectivity index (χ2n) is 7.15. The SMILES string of the molecule is COc1c(F)c(F)cc(C(=O)Nc2ccc(Oc3cc(-n4cnc(C)c4C)ncn3)cc2)c1F. The van der Waals surface area contributed by atoms with Crippen LogP contribution < -0.4 is 14.8 Å². The van der Waals surface area contributed by atoms with E-state index in [1.54, 1.807) is 29.1 Å². The summed E-state index contributed by atoms with van der Waals surface area (Å²) in [6.07, 6.45) is 3.01. The van der Waals surface area contributed by atoms with Crippen molar-refractivity contribution in [3.05, 3.63) is 83.5 Å². The number of aryl methyl sites for hydroxylation is 1. The van der Waals surface area contributed by atoms with Gasteiger partial charge in [0.05, 0.1) is 18.4 Å². The van der Waals surface area contributed by atoms with Crippen molar-refractivity contribution >= 4 is 11.6 Å². The van der Waals surface area contributed by atoms with Gasteiger partial charge in [-0.05, 0) is 44.2 Å². The van der Waals surface area contributed by atoms with E-state index in [0.29, 0.717) is 17.6 Å². The molecule has 174 valence electrons.